The molecule has 4 nitrogen and oxygen atoms in total. The number of ketones is 1. The van der Waals surface area contributed by atoms with Gasteiger partial charge in [0, 0.05) is 11.5 Å². The Balaban J connectivity index is 1.87. The number of anilines is 1. The minimum absolute atomic E-state index is 0.0519. The van der Waals surface area contributed by atoms with Crippen LogP contribution in [0.5, 0.6) is 11.5 Å². The smallest absolute Gasteiger partial charge is 0.165 e. The Kier molecular flexibility index (Phi) is 5.63. The molecule has 0 aliphatic rings. The second-order valence-corrected chi connectivity index (χ2v) is 5.78. The summed E-state index contributed by atoms with van der Waals surface area (Å²) in [7, 11) is 0. The van der Waals surface area contributed by atoms with E-state index in [-0.39, 0.29) is 11.7 Å². The zero-order valence-electron chi connectivity index (χ0n) is 13.8. The molecule has 0 bridgehead atoms. The van der Waals surface area contributed by atoms with Gasteiger partial charge in [0.25, 0.3) is 0 Å². The van der Waals surface area contributed by atoms with Crippen LogP contribution in [0.2, 0.25) is 0 Å². The number of aryl methyl sites for hydroxylation is 1. The van der Waals surface area contributed by atoms with Crippen molar-refractivity contribution in [2.75, 3.05) is 18.9 Å². The maximum Gasteiger partial charge on any atom is 0.165 e. The second kappa shape index (κ2) is 7.68. The number of hydrogen-bond acceptors (Lipinski definition) is 4. The first-order chi connectivity index (χ1) is 11.0. The molecule has 2 aromatic rings. The van der Waals surface area contributed by atoms with E-state index in [1.807, 2.05) is 45.0 Å². The molecule has 0 atom stereocenters. The van der Waals surface area contributed by atoms with Gasteiger partial charge in [-0.25, -0.2) is 0 Å². The lowest BCUT2D eigenvalue weighted by Gasteiger charge is -2.12. The van der Waals surface area contributed by atoms with Crippen molar-refractivity contribution in [1.29, 1.82) is 0 Å². The van der Waals surface area contributed by atoms with Gasteiger partial charge in [0.05, 0.1) is 5.69 Å². The van der Waals surface area contributed by atoms with Gasteiger partial charge in [-0.3, -0.25) is 4.79 Å². The molecular weight excluding hydrogens is 290 g/mol. The van der Waals surface area contributed by atoms with Crippen LogP contribution in [-0.2, 0) is 0 Å². The normalized spacial score (nSPS) is 10.6. The van der Waals surface area contributed by atoms with Crippen LogP contribution in [0.25, 0.3) is 0 Å². The summed E-state index contributed by atoms with van der Waals surface area (Å²) in [4.78, 5) is 11.9. The van der Waals surface area contributed by atoms with E-state index >= 15 is 0 Å². The Morgan fingerprint density at radius 3 is 2.48 bits per heavy atom. The fourth-order valence-electron chi connectivity index (χ4n) is 2.18. The van der Waals surface area contributed by atoms with E-state index < -0.39 is 0 Å². The highest BCUT2D eigenvalue weighted by molar-refractivity contribution is 5.98. The maximum atomic E-state index is 11.9. The molecule has 0 heterocycles. The van der Waals surface area contributed by atoms with E-state index in [2.05, 4.69) is 0 Å². The molecule has 122 valence electrons. The van der Waals surface area contributed by atoms with Gasteiger partial charge >= 0.3 is 0 Å². The van der Waals surface area contributed by atoms with Crippen molar-refractivity contribution in [3.63, 3.8) is 0 Å². The standard InChI is InChI=1S/C19H23NO3/c1-13(2)19(21)15-7-8-18(17(20)12-15)23-10-9-22-16-6-4-5-14(3)11-16/h4-8,11-13H,9-10,20H2,1-3H3. The summed E-state index contributed by atoms with van der Waals surface area (Å²) in [5, 5.41) is 0. The molecule has 2 rings (SSSR count). The lowest BCUT2D eigenvalue weighted by Crippen LogP contribution is -2.11. The summed E-state index contributed by atoms with van der Waals surface area (Å²) >= 11 is 0. The Morgan fingerprint density at radius 2 is 1.83 bits per heavy atom. The first-order valence-corrected chi connectivity index (χ1v) is 7.73. The topological polar surface area (TPSA) is 61.5 Å². The summed E-state index contributed by atoms with van der Waals surface area (Å²) < 4.78 is 11.2. The van der Waals surface area contributed by atoms with Crippen LogP contribution in [0.3, 0.4) is 0 Å². The molecule has 0 spiro atoms. The van der Waals surface area contributed by atoms with E-state index in [0.717, 1.165) is 11.3 Å². The third kappa shape index (κ3) is 4.74. The van der Waals surface area contributed by atoms with Crippen molar-refractivity contribution in [2.24, 2.45) is 5.92 Å². The van der Waals surface area contributed by atoms with E-state index in [4.69, 9.17) is 15.2 Å². The monoisotopic (exact) mass is 313 g/mol. The van der Waals surface area contributed by atoms with Gasteiger partial charge in [-0.15, -0.1) is 0 Å². The molecule has 0 saturated heterocycles. The Morgan fingerprint density at radius 1 is 1.09 bits per heavy atom. The summed E-state index contributed by atoms with van der Waals surface area (Å²) in [5.41, 5.74) is 8.18. The molecule has 0 amide bonds. The van der Waals surface area contributed by atoms with E-state index in [9.17, 15) is 4.79 Å². The van der Waals surface area contributed by atoms with Crippen molar-refractivity contribution in [3.8, 4) is 11.5 Å². The number of carbonyl (C=O) groups is 1. The fraction of sp³-hybridized carbons (Fsp3) is 0.316. The van der Waals surface area contributed by atoms with E-state index in [1.54, 1.807) is 18.2 Å². The highest BCUT2D eigenvalue weighted by Gasteiger charge is 2.12. The molecular formula is C19H23NO3. The summed E-state index contributed by atoms with van der Waals surface area (Å²) in [5.74, 6) is 1.41. The SMILES string of the molecule is Cc1cccc(OCCOc2ccc(C(=O)C(C)C)cc2N)c1. The third-order valence-electron chi connectivity index (χ3n) is 3.42. The first-order valence-electron chi connectivity index (χ1n) is 7.73. The van der Waals surface area contributed by atoms with Crippen LogP contribution in [0.1, 0.15) is 29.8 Å². The van der Waals surface area contributed by atoms with Crippen molar-refractivity contribution >= 4 is 11.5 Å². The quantitative estimate of drug-likeness (QED) is 0.479. The predicted octanol–water partition coefficient (Wildman–Crippen LogP) is 3.87. The Hall–Kier alpha value is -2.49. The molecule has 4 heteroatoms. The molecule has 0 aliphatic heterocycles. The lowest BCUT2D eigenvalue weighted by molar-refractivity contribution is 0.0939. The molecule has 2 aromatic carbocycles. The number of ether oxygens (including phenoxy) is 2. The average Bonchev–Trinajstić information content (AvgIpc) is 2.52. The third-order valence-corrected chi connectivity index (χ3v) is 3.42. The zero-order chi connectivity index (χ0) is 16.8. The summed E-state index contributed by atoms with van der Waals surface area (Å²) in [6.07, 6.45) is 0. The number of Topliss-reactive ketones (excluding diaryl/α,β-unsaturated/α-hetero) is 1. The van der Waals surface area contributed by atoms with Gasteiger partial charge in [0.1, 0.15) is 24.7 Å². The van der Waals surface area contributed by atoms with Gasteiger partial charge in [-0.05, 0) is 42.8 Å². The number of nitrogens with two attached hydrogens (primary N) is 1. The van der Waals surface area contributed by atoms with Gasteiger partial charge in [-0.1, -0.05) is 26.0 Å². The number of nitrogen functional groups attached to an aromatic ring is 1. The van der Waals surface area contributed by atoms with Crippen LogP contribution >= 0.6 is 0 Å². The number of benzene rings is 2. The minimum Gasteiger partial charge on any atom is -0.490 e. The number of hydrogen-bond donors (Lipinski definition) is 1. The maximum absolute atomic E-state index is 11.9. The second-order valence-electron chi connectivity index (χ2n) is 5.78. The summed E-state index contributed by atoms with van der Waals surface area (Å²) in [6, 6.07) is 13.0. The van der Waals surface area contributed by atoms with Crippen LogP contribution < -0.4 is 15.2 Å². The first kappa shape index (κ1) is 16.9. The molecule has 0 radical (unpaired) electrons. The van der Waals surface area contributed by atoms with Crippen LogP contribution in [0.15, 0.2) is 42.5 Å². The van der Waals surface area contributed by atoms with Gasteiger partial charge in [-0.2, -0.15) is 0 Å². The molecule has 0 saturated carbocycles. The molecule has 2 N–H and O–H groups in total. The van der Waals surface area contributed by atoms with Gasteiger partial charge < -0.3 is 15.2 Å². The van der Waals surface area contributed by atoms with Crippen LogP contribution in [-0.4, -0.2) is 19.0 Å². The Bertz CT molecular complexity index is 680. The van der Waals surface area contributed by atoms with Crippen molar-refractivity contribution in [1.82, 2.24) is 0 Å². The van der Waals surface area contributed by atoms with E-state index in [0.29, 0.717) is 30.2 Å². The lowest BCUT2D eigenvalue weighted by atomic mass is 10.0. The average molecular weight is 313 g/mol. The largest absolute Gasteiger partial charge is 0.490 e. The zero-order valence-corrected chi connectivity index (χ0v) is 13.8. The highest BCUT2D eigenvalue weighted by Crippen LogP contribution is 2.24. The van der Waals surface area contributed by atoms with Crippen molar-refractivity contribution in [2.45, 2.75) is 20.8 Å². The molecule has 0 unspecified atom stereocenters. The predicted molar refractivity (Wildman–Crippen MR) is 92.2 cm³/mol. The highest BCUT2D eigenvalue weighted by atomic mass is 16.5. The van der Waals surface area contributed by atoms with Crippen LogP contribution in [0.4, 0.5) is 5.69 Å². The Labute approximate surface area is 137 Å². The minimum atomic E-state index is -0.0519. The molecule has 23 heavy (non-hydrogen) atoms. The number of carbonyl (C=O) groups excluding carboxylic acids is 1. The van der Waals surface area contributed by atoms with Crippen molar-refractivity contribution < 1.29 is 14.3 Å². The molecule has 0 fully saturated rings. The van der Waals surface area contributed by atoms with Gasteiger partial charge in [0.15, 0.2) is 5.78 Å². The summed E-state index contributed by atoms with van der Waals surface area (Å²) in [6.45, 7) is 6.56. The van der Waals surface area contributed by atoms with Gasteiger partial charge in [0.2, 0.25) is 0 Å². The van der Waals surface area contributed by atoms with Crippen molar-refractivity contribution in [3.05, 3.63) is 53.6 Å². The number of rotatable bonds is 7. The fourth-order valence-corrected chi connectivity index (χ4v) is 2.18. The van der Waals surface area contributed by atoms with Crippen LogP contribution in [0, 0.1) is 12.8 Å². The molecule has 0 aromatic heterocycles. The molecule has 0 aliphatic carbocycles. The van der Waals surface area contributed by atoms with E-state index in [1.165, 1.54) is 0 Å².